The number of carbonyl (C=O) groups is 1. The van der Waals surface area contributed by atoms with Crippen molar-refractivity contribution in [2.45, 2.75) is 25.4 Å². The first-order valence-electron chi connectivity index (χ1n) is 10.8. The minimum Gasteiger partial charge on any atom is -0.497 e. The Bertz CT molecular complexity index is 1100. The van der Waals surface area contributed by atoms with Crippen LogP contribution in [0, 0.1) is 17.5 Å². The second-order valence-corrected chi connectivity index (χ2v) is 8.10. The van der Waals surface area contributed by atoms with Gasteiger partial charge < -0.3 is 9.64 Å². The SMILES string of the molecule is COc1ccc(C(=O)N(c2ccc(F)cc2)C2CCN(Cc3cccc(F)c3F)CC2)cc1. The first-order chi connectivity index (χ1) is 16.0. The summed E-state index contributed by atoms with van der Waals surface area (Å²) in [6.45, 7) is 1.54. The highest BCUT2D eigenvalue weighted by atomic mass is 19.2. The van der Waals surface area contributed by atoms with Crippen molar-refractivity contribution in [2.24, 2.45) is 0 Å². The third-order valence-electron chi connectivity index (χ3n) is 6.01. The highest BCUT2D eigenvalue weighted by Gasteiger charge is 2.30. The summed E-state index contributed by atoms with van der Waals surface area (Å²) < 4.78 is 46.3. The van der Waals surface area contributed by atoms with E-state index in [0.717, 1.165) is 6.07 Å². The average molecular weight is 454 g/mol. The van der Waals surface area contributed by atoms with E-state index in [1.165, 1.54) is 18.2 Å². The maximum atomic E-state index is 14.1. The Hall–Kier alpha value is -3.32. The smallest absolute Gasteiger partial charge is 0.258 e. The standard InChI is InChI=1S/C26H25F3N2O2/c1-33-23-11-5-18(6-12-23)26(32)31(21-9-7-20(27)8-10-21)22-13-15-30(16-14-22)17-19-3-2-4-24(28)25(19)29/h2-12,22H,13-17H2,1H3. The summed E-state index contributed by atoms with van der Waals surface area (Å²) in [6.07, 6.45) is 1.30. The molecule has 0 radical (unpaired) electrons. The van der Waals surface area contributed by atoms with Gasteiger partial charge in [0.15, 0.2) is 11.6 Å². The number of ether oxygens (including phenoxy) is 1. The highest BCUT2D eigenvalue weighted by Crippen LogP contribution is 2.28. The molecule has 0 spiro atoms. The molecular formula is C26H25F3N2O2. The minimum absolute atomic E-state index is 0.112. The van der Waals surface area contributed by atoms with E-state index in [2.05, 4.69) is 4.90 Å². The van der Waals surface area contributed by atoms with E-state index in [9.17, 15) is 18.0 Å². The number of halogens is 3. The zero-order valence-electron chi connectivity index (χ0n) is 18.3. The molecule has 0 bridgehead atoms. The molecular weight excluding hydrogens is 429 g/mol. The van der Waals surface area contributed by atoms with Crippen molar-refractivity contribution in [2.75, 3.05) is 25.1 Å². The molecule has 0 atom stereocenters. The third-order valence-corrected chi connectivity index (χ3v) is 6.01. The Balaban J connectivity index is 1.52. The lowest BCUT2D eigenvalue weighted by molar-refractivity contribution is 0.0958. The van der Waals surface area contributed by atoms with Gasteiger partial charge in [-0.1, -0.05) is 12.1 Å². The molecule has 1 fully saturated rings. The molecule has 33 heavy (non-hydrogen) atoms. The topological polar surface area (TPSA) is 32.8 Å². The lowest BCUT2D eigenvalue weighted by Gasteiger charge is -2.38. The van der Waals surface area contributed by atoms with Gasteiger partial charge in [-0.25, -0.2) is 13.2 Å². The van der Waals surface area contributed by atoms with Crippen LogP contribution >= 0.6 is 0 Å². The van der Waals surface area contributed by atoms with Crippen molar-refractivity contribution in [1.29, 1.82) is 0 Å². The van der Waals surface area contributed by atoms with E-state index in [1.54, 1.807) is 54.5 Å². The van der Waals surface area contributed by atoms with Crippen LogP contribution in [0.25, 0.3) is 0 Å². The molecule has 7 heteroatoms. The van der Waals surface area contributed by atoms with E-state index in [0.29, 0.717) is 55.0 Å². The quantitative estimate of drug-likeness (QED) is 0.498. The Labute approximate surface area is 191 Å². The fourth-order valence-corrected chi connectivity index (χ4v) is 4.22. The third kappa shape index (κ3) is 5.20. The normalized spacial score (nSPS) is 14.8. The molecule has 0 aliphatic carbocycles. The van der Waals surface area contributed by atoms with E-state index < -0.39 is 11.6 Å². The van der Waals surface area contributed by atoms with Crippen molar-refractivity contribution in [3.8, 4) is 5.75 Å². The molecule has 1 saturated heterocycles. The van der Waals surface area contributed by atoms with Crippen LogP contribution in [0.2, 0.25) is 0 Å². The van der Waals surface area contributed by atoms with Crippen LogP contribution in [-0.2, 0) is 6.54 Å². The van der Waals surface area contributed by atoms with Crippen molar-refractivity contribution >= 4 is 11.6 Å². The molecule has 172 valence electrons. The van der Waals surface area contributed by atoms with Crippen LogP contribution < -0.4 is 9.64 Å². The van der Waals surface area contributed by atoms with Gasteiger partial charge in [0.1, 0.15) is 11.6 Å². The molecule has 4 nitrogen and oxygen atoms in total. The zero-order valence-corrected chi connectivity index (χ0v) is 18.3. The Morgan fingerprint density at radius 2 is 1.64 bits per heavy atom. The molecule has 1 amide bonds. The number of carbonyl (C=O) groups excluding carboxylic acids is 1. The Kier molecular flexibility index (Phi) is 6.99. The number of likely N-dealkylation sites (tertiary alicyclic amines) is 1. The van der Waals surface area contributed by atoms with Gasteiger partial charge in [-0.2, -0.15) is 0 Å². The van der Waals surface area contributed by atoms with Crippen molar-refractivity contribution in [3.63, 3.8) is 0 Å². The number of methoxy groups -OCH3 is 1. The molecule has 3 aromatic rings. The number of hydrogen-bond donors (Lipinski definition) is 0. The molecule has 1 heterocycles. The van der Waals surface area contributed by atoms with Crippen LogP contribution in [0.5, 0.6) is 5.75 Å². The zero-order chi connectivity index (χ0) is 23.4. The maximum Gasteiger partial charge on any atom is 0.258 e. The summed E-state index contributed by atoms with van der Waals surface area (Å²) in [5.74, 6) is -1.57. The average Bonchev–Trinajstić information content (AvgIpc) is 2.84. The Morgan fingerprint density at radius 3 is 2.27 bits per heavy atom. The fourth-order valence-electron chi connectivity index (χ4n) is 4.22. The largest absolute Gasteiger partial charge is 0.497 e. The lowest BCUT2D eigenvalue weighted by Crippen LogP contribution is -2.47. The van der Waals surface area contributed by atoms with Gasteiger partial charge in [-0.3, -0.25) is 9.69 Å². The van der Waals surface area contributed by atoms with E-state index in [1.807, 2.05) is 0 Å². The maximum absolute atomic E-state index is 14.1. The van der Waals surface area contributed by atoms with Crippen molar-refractivity contribution in [1.82, 2.24) is 4.90 Å². The van der Waals surface area contributed by atoms with Gasteiger partial charge in [0.05, 0.1) is 7.11 Å². The highest BCUT2D eigenvalue weighted by molar-refractivity contribution is 6.06. The summed E-state index contributed by atoms with van der Waals surface area (Å²) >= 11 is 0. The summed E-state index contributed by atoms with van der Waals surface area (Å²) in [6, 6.07) is 16.8. The van der Waals surface area contributed by atoms with Crippen LogP contribution in [0.1, 0.15) is 28.8 Å². The molecule has 1 aliphatic rings. The molecule has 0 aromatic heterocycles. The van der Waals surface area contributed by atoms with Gasteiger partial charge in [-0.15, -0.1) is 0 Å². The number of amides is 1. The summed E-state index contributed by atoms with van der Waals surface area (Å²) in [5.41, 5.74) is 1.44. The van der Waals surface area contributed by atoms with Crippen LogP contribution in [0.4, 0.5) is 18.9 Å². The molecule has 0 N–H and O–H groups in total. The minimum atomic E-state index is -0.852. The molecule has 4 rings (SSSR count). The summed E-state index contributed by atoms with van der Waals surface area (Å²) in [4.78, 5) is 17.2. The van der Waals surface area contributed by atoms with Crippen LogP contribution in [-0.4, -0.2) is 37.0 Å². The molecule has 1 aliphatic heterocycles. The van der Waals surface area contributed by atoms with Crippen LogP contribution in [0.15, 0.2) is 66.7 Å². The first-order valence-corrected chi connectivity index (χ1v) is 10.8. The first kappa shape index (κ1) is 22.9. The van der Waals surface area contributed by atoms with E-state index in [4.69, 9.17) is 4.74 Å². The van der Waals surface area contributed by atoms with Gasteiger partial charge >= 0.3 is 0 Å². The van der Waals surface area contributed by atoms with Gasteiger partial charge in [0.25, 0.3) is 5.91 Å². The van der Waals surface area contributed by atoms with Gasteiger partial charge in [0.2, 0.25) is 0 Å². The van der Waals surface area contributed by atoms with E-state index in [-0.39, 0.29) is 17.8 Å². The van der Waals surface area contributed by atoms with Crippen molar-refractivity contribution in [3.05, 3.63) is 95.3 Å². The number of rotatable bonds is 6. The summed E-state index contributed by atoms with van der Waals surface area (Å²) in [5, 5.41) is 0. The summed E-state index contributed by atoms with van der Waals surface area (Å²) in [7, 11) is 1.56. The second-order valence-electron chi connectivity index (χ2n) is 8.10. The molecule has 3 aromatic carbocycles. The molecule has 0 unspecified atom stereocenters. The predicted octanol–water partition coefficient (Wildman–Crippen LogP) is 5.42. The predicted molar refractivity (Wildman–Crippen MR) is 121 cm³/mol. The Morgan fingerprint density at radius 1 is 0.970 bits per heavy atom. The number of piperidine rings is 1. The lowest BCUT2D eigenvalue weighted by atomic mass is 10.00. The second kappa shape index (κ2) is 10.1. The van der Waals surface area contributed by atoms with Crippen LogP contribution in [0.3, 0.4) is 0 Å². The fraction of sp³-hybridized carbons (Fsp3) is 0.269. The van der Waals surface area contributed by atoms with Crippen molar-refractivity contribution < 1.29 is 22.7 Å². The van der Waals surface area contributed by atoms with Gasteiger partial charge in [-0.05, 0) is 67.4 Å². The number of benzene rings is 3. The number of anilines is 1. The van der Waals surface area contributed by atoms with E-state index >= 15 is 0 Å². The van der Waals surface area contributed by atoms with Gasteiger partial charge in [0, 0.05) is 42.5 Å². The number of hydrogen-bond acceptors (Lipinski definition) is 3. The number of nitrogens with zero attached hydrogens (tertiary/aromatic N) is 2. The molecule has 0 saturated carbocycles. The monoisotopic (exact) mass is 454 g/mol.